The van der Waals surface area contributed by atoms with Crippen molar-refractivity contribution >= 4 is 39.5 Å². The van der Waals surface area contributed by atoms with Gasteiger partial charge in [-0.2, -0.15) is 0 Å². The molecule has 3 N–H and O–H groups in total. The molecule has 3 unspecified atom stereocenters. The molecule has 0 aliphatic heterocycles. The third kappa shape index (κ3) is 80.7. The number of hydrogen-bond acceptors (Lipinski definition) is 15. The molecule has 0 aromatic heterocycles. The van der Waals surface area contributed by atoms with Crippen LogP contribution in [0, 0.1) is 23.7 Å². The number of aliphatic hydroxyl groups excluding tert-OH is 1. The first-order valence-corrected chi connectivity index (χ1v) is 48.7. The van der Waals surface area contributed by atoms with Gasteiger partial charge in [-0.15, -0.1) is 0 Å². The van der Waals surface area contributed by atoms with Gasteiger partial charge >= 0.3 is 39.5 Å². The Morgan fingerprint density at radius 1 is 0.259 bits per heavy atom. The third-order valence-corrected chi connectivity index (χ3v) is 23.1. The van der Waals surface area contributed by atoms with Crippen molar-refractivity contribution in [2.45, 2.75) is 485 Å². The summed E-state index contributed by atoms with van der Waals surface area (Å²) in [6, 6.07) is 0. The van der Waals surface area contributed by atoms with Crippen molar-refractivity contribution in [2.75, 3.05) is 39.6 Å². The van der Waals surface area contributed by atoms with Crippen molar-refractivity contribution in [3.63, 3.8) is 0 Å². The number of unbranched alkanes of at least 4 members (excludes halogenated alkanes) is 51. The summed E-state index contributed by atoms with van der Waals surface area (Å²) < 4.78 is 69.0. The van der Waals surface area contributed by atoms with Crippen LogP contribution in [0.5, 0.6) is 0 Å². The Bertz CT molecular complexity index is 2100. The van der Waals surface area contributed by atoms with Crippen LogP contribution in [0.2, 0.25) is 0 Å². The van der Waals surface area contributed by atoms with Crippen molar-refractivity contribution in [3.05, 3.63) is 0 Å². The molecule has 0 aliphatic rings. The van der Waals surface area contributed by atoms with E-state index in [4.69, 9.17) is 37.0 Å². The standard InChI is InChI=1S/C89H174O17P2/c1-9-82(8)68-60-52-44-39-40-46-54-62-70-87(92)100-76-85(106-89(94)72-64-56-48-38-32-26-20-14-17-23-29-35-43-51-59-67-81(6)7)78-104-108(97,98)102-74-83(90)73-101-107(95,96)103-77-84(105-88(93)71-63-55-47-37-31-25-19-13-11-16-22-28-34-42-50-58-66-80(4)5)75-99-86(91)69-61-53-45-36-30-24-18-12-10-15-21-27-33-41-49-57-65-79(2)3/h79-85,90H,9-78H2,1-8H3,(H,95,96)(H,97,98)/t82?,83-,84-,85-/m1/s1. The summed E-state index contributed by atoms with van der Waals surface area (Å²) in [7, 11) is -9.94. The predicted octanol–water partition coefficient (Wildman–Crippen LogP) is 27.1. The van der Waals surface area contributed by atoms with Crippen molar-refractivity contribution in [3.8, 4) is 0 Å². The highest BCUT2D eigenvalue weighted by molar-refractivity contribution is 7.47. The maximum atomic E-state index is 13.2. The molecule has 0 bridgehead atoms. The number of phosphoric acid groups is 2. The molecule has 642 valence electrons. The van der Waals surface area contributed by atoms with E-state index in [0.717, 1.165) is 114 Å². The first-order valence-electron chi connectivity index (χ1n) is 45.7. The van der Waals surface area contributed by atoms with E-state index in [1.807, 2.05) is 0 Å². The van der Waals surface area contributed by atoms with E-state index in [-0.39, 0.29) is 25.7 Å². The van der Waals surface area contributed by atoms with Crippen LogP contribution in [0.15, 0.2) is 0 Å². The van der Waals surface area contributed by atoms with Crippen LogP contribution in [0.4, 0.5) is 0 Å². The third-order valence-electron chi connectivity index (χ3n) is 21.2. The molecular weight excluding hydrogens is 1400 g/mol. The Morgan fingerprint density at radius 3 is 0.657 bits per heavy atom. The molecule has 0 aromatic rings. The van der Waals surface area contributed by atoms with Crippen LogP contribution in [-0.4, -0.2) is 96.7 Å². The number of esters is 4. The van der Waals surface area contributed by atoms with Crippen molar-refractivity contribution in [2.24, 2.45) is 23.7 Å². The Kier molecular flexibility index (Phi) is 76.2. The van der Waals surface area contributed by atoms with Gasteiger partial charge in [0.05, 0.1) is 26.4 Å². The van der Waals surface area contributed by atoms with Gasteiger partial charge in [-0.1, -0.05) is 415 Å². The molecule has 6 atom stereocenters. The highest BCUT2D eigenvalue weighted by atomic mass is 31.2. The Hall–Kier alpha value is -1.94. The fourth-order valence-electron chi connectivity index (χ4n) is 13.8. The monoisotopic (exact) mass is 1580 g/mol. The molecule has 108 heavy (non-hydrogen) atoms. The number of ether oxygens (including phenoxy) is 4. The first-order chi connectivity index (χ1) is 52.1. The van der Waals surface area contributed by atoms with Crippen LogP contribution < -0.4 is 0 Å². The van der Waals surface area contributed by atoms with Crippen molar-refractivity contribution in [1.82, 2.24) is 0 Å². The predicted molar refractivity (Wildman–Crippen MR) is 446 cm³/mol. The van der Waals surface area contributed by atoms with E-state index < -0.39 is 97.5 Å². The van der Waals surface area contributed by atoms with E-state index >= 15 is 0 Å². The van der Waals surface area contributed by atoms with Gasteiger partial charge in [0.15, 0.2) is 12.2 Å². The van der Waals surface area contributed by atoms with Gasteiger partial charge in [-0.25, -0.2) is 9.13 Å². The first kappa shape index (κ1) is 106. The number of aliphatic hydroxyl groups is 1. The lowest BCUT2D eigenvalue weighted by Gasteiger charge is -2.21. The lowest BCUT2D eigenvalue weighted by molar-refractivity contribution is -0.161. The molecule has 0 aromatic carbocycles. The van der Waals surface area contributed by atoms with Crippen molar-refractivity contribution in [1.29, 1.82) is 0 Å². The summed E-state index contributed by atoms with van der Waals surface area (Å²) in [5.74, 6) is 1.10. The van der Waals surface area contributed by atoms with Crippen LogP contribution in [0.1, 0.15) is 466 Å². The zero-order valence-electron chi connectivity index (χ0n) is 71.5. The zero-order chi connectivity index (χ0) is 79.5. The fourth-order valence-corrected chi connectivity index (χ4v) is 15.4. The van der Waals surface area contributed by atoms with E-state index in [2.05, 4.69) is 55.4 Å². The minimum Gasteiger partial charge on any atom is -0.462 e. The van der Waals surface area contributed by atoms with Gasteiger partial charge in [-0.05, 0) is 49.4 Å². The molecule has 0 radical (unpaired) electrons. The van der Waals surface area contributed by atoms with E-state index in [1.165, 1.54) is 270 Å². The van der Waals surface area contributed by atoms with Gasteiger partial charge in [0.1, 0.15) is 19.3 Å². The average molecular weight is 1580 g/mol. The minimum absolute atomic E-state index is 0.107. The van der Waals surface area contributed by atoms with Crippen LogP contribution in [-0.2, 0) is 65.4 Å². The normalized spacial score (nSPS) is 14.1. The summed E-state index contributed by atoms with van der Waals surface area (Å²) in [5.41, 5.74) is 0. The number of hydrogen-bond donors (Lipinski definition) is 3. The summed E-state index contributed by atoms with van der Waals surface area (Å²) in [6.45, 7) is 14.4. The van der Waals surface area contributed by atoms with Gasteiger partial charge < -0.3 is 33.8 Å². The number of phosphoric ester groups is 2. The molecule has 17 nitrogen and oxygen atoms in total. The second kappa shape index (κ2) is 77.6. The molecule has 19 heteroatoms. The lowest BCUT2D eigenvalue weighted by atomic mass is 9.99. The maximum absolute atomic E-state index is 13.2. The SMILES string of the molecule is CCC(C)CCCCCCCCCCC(=O)OC[C@H](COP(=O)(O)OC[C@H](O)COP(=O)(O)OC[C@@H](COC(=O)CCCCCCCCCCCCCCCCCCC(C)C)OC(=O)CCCCCCCCCCCCCCCCCCC(C)C)OC(=O)CCCCCCCCCCCCCCCCCC(C)C. The Balaban J connectivity index is 5.26. The highest BCUT2D eigenvalue weighted by Crippen LogP contribution is 2.45. The van der Waals surface area contributed by atoms with Gasteiger partial charge in [0, 0.05) is 25.7 Å². The number of carbonyl (C=O) groups excluding carboxylic acids is 4. The topological polar surface area (TPSA) is 237 Å². The molecule has 0 amide bonds. The smallest absolute Gasteiger partial charge is 0.462 e. The summed E-state index contributed by atoms with van der Waals surface area (Å²) >= 11 is 0. The lowest BCUT2D eigenvalue weighted by Crippen LogP contribution is -2.30. The quantitative estimate of drug-likeness (QED) is 0.0222. The molecule has 0 fully saturated rings. The number of rotatable bonds is 86. The van der Waals surface area contributed by atoms with E-state index in [0.29, 0.717) is 25.7 Å². The molecule has 0 aliphatic carbocycles. The van der Waals surface area contributed by atoms with Crippen LogP contribution in [0.3, 0.4) is 0 Å². The van der Waals surface area contributed by atoms with Gasteiger partial charge in [-0.3, -0.25) is 37.3 Å². The summed E-state index contributed by atoms with van der Waals surface area (Å²) in [5, 5.41) is 10.7. The second-order valence-electron chi connectivity index (χ2n) is 33.7. The van der Waals surface area contributed by atoms with Gasteiger partial charge in [0.2, 0.25) is 0 Å². The van der Waals surface area contributed by atoms with E-state index in [9.17, 15) is 43.2 Å². The van der Waals surface area contributed by atoms with Crippen LogP contribution in [0.25, 0.3) is 0 Å². The average Bonchev–Trinajstić information content (AvgIpc) is 0.897. The molecule has 0 spiro atoms. The summed E-state index contributed by atoms with van der Waals surface area (Å²) in [4.78, 5) is 73.4. The molecule has 0 saturated heterocycles. The minimum atomic E-state index is -4.97. The molecule has 0 rings (SSSR count). The highest BCUT2D eigenvalue weighted by Gasteiger charge is 2.31. The van der Waals surface area contributed by atoms with Gasteiger partial charge in [0.25, 0.3) is 0 Å². The Labute approximate surface area is 664 Å². The Morgan fingerprint density at radius 2 is 0.444 bits per heavy atom. The largest absolute Gasteiger partial charge is 0.472 e. The van der Waals surface area contributed by atoms with E-state index in [1.54, 1.807) is 0 Å². The zero-order valence-corrected chi connectivity index (χ0v) is 73.3. The van der Waals surface area contributed by atoms with Crippen LogP contribution >= 0.6 is 15.6 Å². The number of carbonyl (C=O) groups is 4. The summed E-state index contributed by atoms with van der Waals surface area (Å²) in [6.07, 6.45) is 68.0. The second-order valence-corrected chi connectivity index (χ2v) is 36.6. The van der Waals surface area contributed by atoms with Crippen molar-refractivity contribution < 1.29 is 80.2 Å². The fraction of sp³-hybridized carbons (Fsp3) is 0.955. The molecular formula is C89H174O17P2. The molecule has 0 saturated carbocycles. The molecule has 0 heterocycles. The maximum Gasteiger partial charge on any atom is 0.472 e.